The van der Waals surface area contributed by atoms with Crippen LogP contribution in [-0.4, -0.2) is 56.1 Å². The lowest BCUT2D eigenvalue weighted by molar-refractivity contribution is -0.254. The van der Waals surface area contributed by atoms with Gasteiger partial charge in [-0.1, -0.05) is 86.6 Å². The molecule has 1 aliphatic rings. The topological polar surface area (TPSA) is 84.2 Å². The summed E-state index contributed by atoms with van der Waals surface area (Å²) < 4.78 is 133. The number of carbonyl (C=O) groups is 2. The Labute approximate surface area is 435 Å². The summed E-state index contributed by atoms with van der Waals surface area (Å²) in [4.78, 5) is 28.2. The van der Waals surface area contributed by atoms with Crippen LogP contribution >= 0.6 is 34.0 Å². The van der Waals surface area contributed by atoms with Crippen molar-refractivity contribution in [3.05, 3.63) is 92.2 Å². The Morgan fingerprint density at radius 3 is 1.59 bits per heavy atom. The van der Waals surface area contributed by atoms with E-state index in [1.165, 1.54) is 40.9 Å². The predicted octanol–water partition coefficient (Wildman–Crippen LogP) is 17.4. The third-order valence-electron chi connectivity index (χ3n) is 12.6. The van der Waals surface area contributed by atoms with Gasteiger partial charge in [-0.3, -0.25) is 9.59 Å². The molecule has 0 unspecified atom stereocenters. The van der Waals surface area contributed by atoms with E-state index >= 15 is 26.3 Å². The number of esters is 2. The van der Waals surface area contributed by atoms with Gasteiger partial charge in [0.25, 0.3) is 0 Å². The van der Waals surface area contributed by atoms with E-state index in [-0.39, 0.29) is 102 Å². The Morgan fingerprint density at radius 2 is 1.10 bits per heavy atom. The van der Waals surface area contributed by atoms with Crippen molar-refractivity contribution in [3.63, 3.8) is 0 Å². The van der Waals surface area contributed by atoms with Crippen molar-refractivity contribution in [1.29, 1.82) is 0 Å². The molecule has 2 aromatic carbocycles. The monoisotopic (exact) mass is 1070 g/mol. The summed E-state index contributed by atoms with van der Waals surface area (Å²) in [6.45, 7) is 25.3. The number of furan rings is 1. The molecule has 0 N–H and O–H groups in total. The van der Waals surface area contributed by atoms with Crippen molar-refractivity contribution >= 4 is 68.1 Å². The number of ether oxygens (including phenoxy) is 4. The standard InChI is InChI=1S/C57H64F6O7S3/c1-14-66-43(64)18-16-24-68-38-28-35-37(30-39(38)69-25-17-19-44(65)67-15-2)70-48(33-20-22-34(23-21-33)52(5,6)7)45(35)47-46(55(58,59)57(62,63)56(47,60)61)36-29-40(49-31(3)26-41(72-49)53(8,9)10)71-51(36)50-32(4)27-42(73-50)54(11,12)13/h20-23,26-30H,14-19,24-25H2,1-13H3. The molecule has 6 aromatic rings. The summed E-state index contributed by atoms with van der Waals surface area (Å²) in [6.07, 6.45) is 0.337. The first-order chi connectivity index (χ1) is 33.9. The quantitative estimate of drug-likeness (QED) is 0.0511. The van der Waals surface area contributed by atoms with Crippen LogP contribution in [0.2, 0.25) is 0 Å². The average molecular weight is 1070 g/mol. The van der Waals surface area contributed by atoms with Gasteiger partial charge in [0.1, 0.15) is 11.3 Å². The first kappa shape index (κ1) is 55.7. The highest BCUT2D eigenvalue weighted by Crippen LogP contribution is 2.68. The van der Waals surface area contributed by atoms with Gasteiger partial charge in [0.15, 0.2) is 11.5 Å². The van der Waals surface area contributed by atoms with Crippen LogP contribution in [0.5, 0.6) is 11.5 Å². The van der Waals surface area contributed by atoms with Crippen LogP contribution in [0.15, 0.2) is 59.0 Å². The summed E-state index contributed by atoms with van der Waals surface area (Å²) >= 11 is 3.87. The van der Waals surface area contributed by atoms with Crippen molar-refractivity contribution in [2.24, 2.45) is 0 Å². The Balaban J connectivity index is 1.57. The van der Waals surface area contributed by atoms with Gasteiger partial charge in [-0.2, -0.15) is 26.3 Å². The second-order valence-corrected chi connectivity index (χ2v) is 24.7. The largest absolute Gasteiger partial charge is 0.490 e. The maximum Gasteiger partial charge on any atom is 0.380 e. The van der Waals surface area contributed by atoms with Crippen LogP contribution in [0.25, 0.3) is 52.9 Å². The van der Waals surface area contributed by atoms with Gasteiger partial charge in [0, 0.05) is 76.5 Å². The maximum absolute atomic E-state index is 17.6. The molecule has 0 bridgehead atoms. The van der Waals surface area contributed by atoms with Crippen molar-refractivity contribution in [1.82, 2.24) is 0 Å². The molecule has 4 aromatic heterocycles. The molecule has 0 saturated carbocycles. The fourth-order valence-corrected chi connectivity index (χ4v) is 12.6. The minimum Gasteiger partial charge on any atom is -0.490 e. The van der Waals surface area contributed by atoms with Gasteiger partial charge in [0.2, 0.25) is 0 Å². The van der Waals surface area contributed by atoms with Crippen LogP contribution in [0, 0.1) is 13.8 Å². The molecule has 4 heterocycles. The third-order valence-corrected chi connectivity index (χ3v) is 17.4. The molecule has 0 aliphatic heterocycles. The lowest BCUT2D eigenvalue weighted by atomic mass is 9.86. The number of halogens is 6. The number of alkyl halides is 6. The number of benzene rings is 2. The molecular formula is C57H64F6O7S3. The molecule has 0 spiro atoms. The van der Waals surface area contributed by atoms with Gasteiger partial charge >= 0.3 is 29.7 Å². The smallest absolute Gasteiger partial charge is 0.380 e. The van der Waals surface area contributed by atoms with Crippen LogP contribution in [0.4, 0.5) is 26.3 Å². The van der Waals surface area contributed by atoms with Gasteiger partial charge in [-0.15, -0.1) is 34.0 Å². The summed E-state index contributed by atoms with van der Waals surface area (Å²) in [5.74, 6) is -18.2. The number of hydrogen-bond donors (Lipinski definition) is 0. The molecule has 0 amide bonds. The van der Waals surface area contributed by atoms with Crippen LogP contribution in [0.1, 0.15) is 139 Å². The molecule has 1 aliphatic carbocycles. The molecular weight excluding hydrogens is 1010 g/mol. The lowest BCUT2D eigenvalue weighted by Crippen LogP contribution is -2.48. The third kappa shape index (κ3) is 10.9. The van der Waals surface area contributed by atoms with Gasteiger partial charge in [0.05, 0.1) is 31.3 Å². The van der Waals surface area contributed by atoms with Crippen molar-refractivity contribution in [2.45, 2.75) is 150 Å². The Hall–Kier alpha value is -5.06. The molecule has 0 saturated heterocycles. The van der Waals surface area contributed by atoms with Crippen LogP contribution in [-0.2, 0) is 35.3 Å². The Bertz CT molecular complexity index is 3040. The zero-order valence-corrected chi connectivity index (χ0v) is 46.2. The predicted molar refractivity (Wildman–Crippen MR) is 283 cm³/mol. The maximum atomic E-state index is 17.6. The molecule has 7 rings (SSSR count). The molecule has 7 nitrogen and oxygen atoms in total. The van der Waals surface area contributed by atoms with E-state index < -0.39 is 57.4 Å². The summed E-state index contributed by atoms with van der Waals surface area (Å²) in [5, 5.41) is -0.224. The minimum atomic E-state index is -5.92. The second-order valence-electron chi connectivity index (χ2n) is 21.5. The van der Waals surface area contributed by atoms with E-state index in [1.807, 2.05) is 81.4 Å². The molecule has 0 radical (unpaired) electrons. The van der Waals surface area contributed by atoms with Crippen LogP contribution in [0.3, 0.4) is 0 Å². The Morgan fingerprint density at radius 1 is 0.603 bits per heavy atom. The average Bonchev–Trinajstić information content (AvgIpc) is 4.10. The van der Waals surface area contributed by atoms with Gasteiger partial charge in [-0.25, -0.2) is 0 Å². The zero-order chi connectivity index (χ0) is 53.8. The first-order valence-corrected chi connectivity index (χ1v) is 26.9. The number of thiophene rings is 3. The summed E-state index contributed by atoms with van der Waals surface area (Å²) in [6, 6.07) is 14.6. The SMILES string of the molecule is CCOC(=O)CCCOc1cc2oc(-c3ccc(C(C)(C)C)cc3)c(C3=C(c4cc(-c5sc(C(C)(C)C)cc5C)sc4-c4sc(C(C)(C)C)cc4C)C(F)(F)C(F)(F)C3(F)F)c2cc1OCCCC(=O)OCC. The highest BCUT2D eigenvalue weighted by Gasteiger charge is 2.81. The van der Waals surface area contributed by atoms with E-state index in [9.17, 15) is 9.59 Å². The summed E-state index contributed by atoms with van der Waals surface area (Å²) in [5.41, 5.74) is -2.87. The highest BCUT2D eigenvalue weighted by atomic mass is 32.1. The van der Waals surface area contributed by atoms with Crippen LogP contribution < -0.4 is 9.47 Å². The molecule has 0 fully saturated rings. The minimum absolute atomic E-state index is 0.0124. The van der Waals surface area contributed by atoms with E-state index in [0.717, 1.165) is 32.2 Å². The number of aryl methyl sites for hydroxylation is 2. The van der Waals surface area contributed by atoms with Gasteiger partial charge in [-0.05, 0) is 97.7 Å². The van der Waals surface area contributed by atoms with E-state index in [2.05, 4.69) is 0 Å². The molecule has 394 valence electrons. The van der Waals surface area contributed by atoms with Crippen molar-refractivity contribution in [3.8, 4) is 42.3 Å². The van der Waals surface area contributed by atoms with Gasteiger partial charge < -0.3 is 23.4 Å². The fraction of sp³-hybridized carbons (Fsp3) is 0.474. The molecule has 0 atom stereocenters. The number of rotatable bonds is 17. The number of carbonyl (C=O) groups excluding carboxylic acids is 2. The summed E-state index contributed by atoms with van der Waals surface area (Å²) in [7, 11) is 0. The normalized spacial score (nSPS) is 15.6. The number of fused-ring (bicyclic) bond motifs is 1. The zero-order valence-electron chi connectivity index (χ0n) is 43.7. The van der Waals surface area contributed by atoms with Crippen molar-refractivity contribution < 1.29 is 59.3 Å². The first-order valence-electron chi connectivity index (χ1n) is 24.5. The number of allylic oxidation sites excluding steroid dienone is 2. The number of hydrogen-bond acceptors (Lipinski definition) is 10. The molecule has 73 heavy (non-hydrogen) atoms. The van der Waals surface area contributed by atoms with Crippen molar-refractivity contribution in [2.75, 3.05) is 26.4 Å². The Kier molecular flexibility index (Phi) is 15.7. The second kappa shape index (κ2) is 20.6. The highest BCUT2D eigenvalue weighted by molar-refractivity contribution is 7.27. The van der Waals surface area contributed by atoms with E-state index in [1.54, 1.807) is 45.0 Å². The molecule has 16 heteroatoms. The fourth-order valence-electron chi connectivity index (χ4n) is 8.61. The lowest BCUT2D eigenvalue weighted by Gasteiger charge is -2.26. The van der Waals surface area contributed by atoms with E-state index in [4.69, 9.17) is 23.4 Å². The van der Waals surface area contributed by atoms with E-state index in [0.29, 0.717) is 20.2 Å².